The third-order valence-electron chi connectivity index (χ3n) is 5.99. The lowest BCUT2D eigenvalue weighted by molar-refractivity contribution is -0.143. The van der Waals surface area contributed by atoms with Crippen molar-refractivity contribution in [2.75, 3.05) is 13.7 Å². The summed E-state index contributed by atoms with van der Waals surface area (Å²) >= 11 is 6.45. The van der Waals surface area contributed by atoms with Crippen molar-refractivity contribution in [3.05, 3.63) is 95.0 Å². The van der Waals surface area contributed by atoms with E-state index < -0.39 is 6.04 Å². The van der Waals surface area contributed by atoms with Crippen molar-refractivity contribution in [2.45, 2.75) is 45.3 Å². The number of benzene rings is 3. The van der Waals surface area contributed by atoms with Crippen LogP contribution >= 0.6 is 11.6 Å². The molecule has 2 atom stereocenters. The number of carbonyl (C=O) groups excluding carboxylic acids is 2. The first kappa shape index (κ1) is 27.1. The van der Waals surface area contributed by atoms with Gasteiger partial charge in [-0.1, -0.05) is 79.2 Å². The quantitative estimate of drug-likeness (QED) is 0.361. The van der Waals surface area contributed by atoms with Crippen molar-refractivity contribution in [3.8, 4) is 11.5 Å². The Morgan fingerprint density at radius 1 is 0.944 bits per heavy atom. The minimum absolute atomic E-state index is 0.0298. The minimum Gasteiger partial charge on any atom is -0.493 e. The summed E-state index contributed by atoms with van der Waals surface area (Å²) in [6.45, 7) is 3.86. The molecule has 0 saturated heterocycles. The van der Waals surface area contributed by atoms with E-state index in [0.717, 1.165) is 17.5 Å². The first-order valence-electron chi connectivity index (χ1n) is 12.1. The molecule has 3 rings (SSSR count). The molecular weight excluding hydrogens is 476 g/mol. The summed E-state index contributed by atoms with van der Waals surface area (Å²) < 4.78 is 11.2. The minimum atomic E-state index is -0.758. The van der Waals surface area contributed by atoms with Crippen molar-refractivity contribution < 1.29 is 19.1 Å². The predicted molar refractivity (Wildman–Crippen MR) is 142 cm³/mol. The fourth-order valence-corrected chi connectivity index (χ4v) is 3.96. The predicted octanol–water partition coefficient (Wildman–Crippen LogP) is 5.28. The first-order valence-corrected chi connectivity index (χ1v) is 12.4. The van der Waals surface area contributed by atoms with Gasteiger partial charge >= 0.3 is 0 Å². The number of nitrogens with one attached hydrogen (secondary N) is 1. The van der Waals surface area contributed by atoms with Crippen LogP contribution < -0.4 is 14.8 Å². The number of ether oxygens (including phenoxy) is 2. The van der Waals surface area contributed by atoms with Crippen molar-refractivity contribution in [1.82, 2.24) is 10.2 Å². The van der Waals surface area contributed by atoms with Crippen molar-refractivity contribution in [3.63, 3.8) is 0 Å². The molecule has 3 aromatic carbocycles. The van der Waals surface area contributed by atoms with E-state index in [9.17, 15) is 9.59 Å². The molecular formula is C29H33ClN2O4. The summed E-state index contributed by atoms with van der Waals surface area (Å²) in [6, 6.07) is 23.3. The lowest BCUT2D eigenvalue weighted by Gasteiger charge is -2.32. The molecule has 0 spiro atoms. The van der Waals surface area contributed by atoms with E-state index in [1.807, 2.05) is 74.5 Å². The zero-order valence-electron chi connectivity index (χ0n) is 20.9. The Bertz CT molecular complexity index is 1140. The molecule has 0 aromatic heterocycles. The van der Waals surface area contributed by atoms with E-state index >= 15 is 0 Å². The van der Waals surface area contributed by atoms with Crippen molar-refractivity contribution >= 4 is 23.4 Å². The number of carbonyl (C=O) groups is 2. The van der Waals surface area contributed by atoms with Crippen LogP contribution in [0.4, 0.5) is 0 Å². The number of halogens is 1. The number of para-hydroxylation sites is 2. The Labute approximate surface area is 218 Å². The number of amides is 2. The monoisotopic (exact) mass is 508 g/mol. The number of methoxy groups -OCH3 is 1. The maximum absolute atomic E-state index is 13.7. The molecule has 0 saturated carbocycles. The van der Waals surface area contributed by atoms with Gasteiger partial charge in [-0.05, 0) is 42.7 Å². The molecule has 0 radical (unpaired) electrons. The number of hydrogen-bond acceptors (Lipinski definition) is 4. The van der Waals surface area contributed by atoms with Crippen LogP contribution in [-0.2, 0) is 22.6 Å². The summed E-state index contributed by atoms with van der Waals surface area (Å²) in [4.78, 5) is 28.7. The number of rotatable bonds is 12. The largest absolute Gasteiger partial charge is 0.493 e. The molecule has 7 heteroatoms. The third kappa shape index (κ3) is 7.49. The van der Waals surface area contributed by atoms with Gasteiger partial charge in [-0.2, -0.15) is 0 Å². The Morgan fingerprint density at radius 3 is 2.25 bits per heavy atom. The second-order valence-electron chi connectivity index (χ2n) is 8.58. The van der Waals surface area contributed by atoms with Gasteiger partial charge in [-0.25, -0.2) is 0 Å². The highest BCUT2D eigenvalue weighted by atomic mass is 35.5. The molecule has 0 aliphatic heterocycles. The molecule has 3 aromatic rings. The SMILES string of the molecule is CC[C@H](C)NC(=O)[C@@H](Cc1ccccc1)N(Cc1ccccc1Cl)C(=O)COc1ccccc1OC. The Hall–Kier alpha value is -3.51. The third-order valence-corrected chi connectivity index (χ3v) is 6.36. The van der Waals surface area contributed by atoms with Crippen LogP contribution in [0.3, 0.4) is 0 Å². The normalized spacial score (nSPS) is 12.3. The second-order valence-corrected chi connectivity index (χ2v) is 8.98. The average molecular weight is 509 g/mol. The molecule has 0 aliphatic rings. The Kier molecular flexibility index (Phi) is 10.2. The molecule has 6 nitrogen and oxygen atoms in total. The van der Waals surface area contributed by atoms with Gasteiger partial charge in [-0.15, -0.1) is 0 Å². The Balaban J connectivity index is 1.94. The van der Waals surface area contributed by atoms with Crippen LogP contribution in [0.25, 0.3) is 0 Å². The van der Waals surface area contributed by atoms with Gasteiger partial charge in [0.05, 0.1) is 7.11 Å². The summed E-state index contributed by atoms with van der Waals surface area (Å²) in [6.07, 6.45) is 1.13. The van der Waals surface area contributed by atoms with Gasteiger partial charge in [0.2, 0.25) is 5.91 Å². The second kappa shape index (κ2) is 13.5. The topological polar surface area (TPSA) is 67.9 Å². The number of nitrogens with zero attached hydrogens (tertiary/aromatic N) is 1. The molecule has 0 heterocycles. The highest BCUT2D eigenvalue weighted by molar-refractivity contribution is 6.31. The van der Waals surface area contributed by atoms with Crippen LogP contribution in [0.5, 0.6) is 11.5 Å². The molecule has 0 unspecified atom stereocenters. The summed E-state index contributed by atoms with van der Waals surface area (Å²) in [5.74, 6) is 0.431. The van der Waals surface area contributed by atoms with Gasteiger partial charge < -0.3 is 19.7 Å². The molecule has 36 heavy (non-hydrogen) atoms. The van der Waals surface area contributed by atoms with Gasteiger partial charge in [0.1, 0.15) is 6.04 Å². The smallest absolute Gasteiger partial charge is 0.261 e. The Morgan fingerprint density at radius 2 is 1.58 bits per heavy atom. The highest BCUT2D eigenvalue weighted by Gasteiger charge is 2.31. The van der Waals surface area contributed by atoms with E-state index in [4.69, 9.17) is 21.1 Å². The van der Waals surface area contributed by atoms with Gasteiger partial charge in [0.25, 0.3) is 5.91 Å². The average Bonchev–Trinajstić information content (AvgIpc) is 2.90. The van der Waals surface area contributed by atoms with E-state index in [1.54, 1.807) is 30.2 Å². The van der Waals surface area contributed by atoms with Crippen LogP contribution in [0.2, 0.25) is 5.02 Å². The van der Waals surface area contributed by atoms with Gasteiger partial charge in [0.15, 0.2) is 18.1 Å². The molecule has 0 bridgehead atoms. The van der Waals surface area contributed by atoms with Crippen LogP contribution in [-0.4, -0.2) is 42.5 Å². The maximum atomic E-state index is 13.7. The molecule has 190 valence electrons. The van der Waals surface area contributed by atoms with Crippen molar-refractivity contribution in [2.24, 2.45) is 0 Å². The fourth-order valence-electron chi connectivity index (χ4n) is 3.77. The molecule has 0 fully saturated rings. The summed E-state index contributed by atoms with van der Waals surface area (Å²) in [5.41, 5.74) is 1.70. The number of hydrogen-bond donors (Lipinski definition) is 1. The lowest BCUT2D eigenvalue weighted by atomic mass is 10.0. The van der Waals surface area contributed by atoms with E-state index in [0.29, 0.717) is 22.9 Å². The zero-order chi connectivity index (χ0) is 25.9. The fraction of sp³-hybridized carbons (Fsp3) is 0.310. The van der Waals surface area contributed by atoms with Gasteiger partial charge in [-0.3, -0.25) is 9.59 Å². The first-order chi connectivity index (χ1) is 17.4. The molecule has 1 N–H and O–H groups in total. The van der Waals surface area contributed by atoms with Crippen LogP contribution in [0.1, 0.15) is 31.4 Å². The van der Waals surface area contributed by atoms with Crippen LogP contribution in [0, 0.1) is 0 Å². The summed E-state index contributed by atoms with van der Waals surface area (Å²) in [5, 5.41) is 3.58. The van der Waals surface area contributed by atoms with E-state index in [-0.39, 0.29) is 31.0 Å². The molecule has 2 amide bonds. The lowest BCUT2D eigenvalue weighted by Crippen LogP contribution is -2.53. The zero-order valence-corrected chi connectivity index (χ0v) is 21.7. The maximum Gasteiger partial charge on any atom is 0.261 e. The standard InChI is InChI=1S/C29H33ClN2O4/c1-4-21(2)31-29(34)25(18-22-12-6-5-7-13-22)32(19-23-14-8-9-15-24(23)30)28(33)20-36-27-17-11-10-16-26(27)35-3/h5-17,21,25H,4,18-20H2,1-3H3,(H,31,34)/t21-,25+/m0/s1. The van der Waals surface area contributed by atoms with E-state index in [1.165, 1.54) is 0 Å². The van der Waals surface area contributed by atoms with Gasteiger partial charge in [0, 0.05) is 24.0 Å². The van der Waals surface area contributed by atoms with Crippen molar-refractivity contribution in [1.29, 1.82) is 0 Å². The summed E-state index contributed by atoms with van der Waals surface area (Å²) in [7, 11) is 1.54. The van der Waals surface area contributed by atoms with Crippen LogP contribution in [0.15, 0.2) is 78.9 Å². The highest BCUT2D eigenvalue weighted by Crippen LogP contribution is 2.26. The van der Waals surface area contributed by atoms with E-state index in [2.05, 4.69) is 5.32 Å². The molecule has 0 aliphatic carbocycles.